The minimum absolute atomic E-state index is 0.194. The van der Waals surface area contributed by atoms with Crippen molar-refractivity contribution in [3.63, 3.8) is 0 Å². The lowest BCUT2D eigenvalue weighted by atomic mass is 9.92. The van der Waals surface area contributed by atoms with Crippen LogP contribution >= 0.6 is 0 Å². The second kappa shape index (κ2) is 5.83. The molecule has 0 saturated heterocycles. The normalized spacial score (nSPS) is 14.9. The number of hydrogen-bond donors (Lipinski definition) is 2. The summed E-state index contributed by atoms with van der Waals surface area (Å²) in [6, 6.07) is 6.88. The van der Waals surface area contributed by atoms with Crippen LogP contribution in [0.5, 0.6) is 0 Å². The summed E-state index contributed by atoms with van der Waals surface area (Å²) in [6.07, 6.45) is 0.961. The zero-order valence-electron chi connectivity index (χ0n) is 9.33. The Labute approximate surface area is 90.7 Å². The smallest absolute Gasteiger partial charge is 0.123 e. The lowest BCUT2D eigenvalue weighted by molar-refractivity contribution is 0.391. The Morgan fingerprint density at radius 2 is 1.93 bits per heavy atom. The zero-order chi connectivity index (χ0) is 11.3. The van der Waals surface area contributed by atoms with Gasteiger partial charge in [-0.1, -0.05) is 19.1 Å². The molecular weight excluding hydrogens is 191 g/mol. The lowest BCUT2D eigenvalue weighted by Gasteiger charge is -2.23. The molecule has 84 valence electrons. The maximum absolute atomic E-state index is 12.8. The van der Waals surface area contributed by atoms with E-state index in [1.54, 1.807) is 0 Å². The van der Waals surface area contributed by atoms with E-state index in [4.69, 9.17) is 5.73 Å². The molecule has 15 heavy (non-hydrogen) atoms. The van der Waals surface area contributed by atoms with Crippen LogP contribution < -0.4 is 11.1 Å². The molecule has 0 fully saturated rings. The molecule has 1 rings (SSSR count). The molecule has 0 radical (unpaired) electrons. The molecule has 0 aliphatic rings. The highest BCUT2D eigenvalue weighted by Crippen LogP contribution is 2.23. The largest absolute Gasteiger partial charge is 0.330 e. The summed E-state index contributed by atoms with van der Waals surface area (Å²) < 4.78 is 12.8. The van der Waals surface area contributed by atoms with Gasteiger partial charge in [0, 0.05) is 6.04 Å². The average molecular weight is 210 g/mol. The Morgan fingerprint density at radius 3 is 2.40 bits per heavy atom. The van der Waals surface area contributed by atoms with Crippen molar-refractivity contribution >= 4 is 0 Å². The number of benzene rings is 1. The van der Waals surface area contributed by atoms with Gasteiger partial charge in [0.05, 0.1) is 0 Å². The highest BCUT2D eigenvalue weighted by Gasteiger charge is 2.16. The first-order chi connectivity index (χ1) is 7.19. The van der Waals surface area contributed by atoms with Gasteiger partial charge in [0.25, 0.3) is 0 Å². The van der Waals surface area contributed by atoms with Crippen LogP contribution in [0, 0.1) is 11.7 Å². The van der Waals surface area contributed by atoms with E-state index in [0.29, 0.717) is 12.5 Å². The first-order valence-corrected chi connectivity index (χ1v) is 5.31. The van der Waals surface area contributed by atoms with Crippen molar-refractivity contribution in [2.45, 2.75) is 19.4 Å². The lowest BCUT2D eigenvalue weighted by Crippen LogP contribution is -2.25. The maximum atomic E-state index is 12.8. The molecule has 0 aliphatic heterocycles. The Bertz CT molecular complexity index is 284. The van der Waals surface area contributed by atoms with Crippen molar-refractivity contribution in [2.75, 3.05) is 13.6 Å². The fourth-order valence-corrected chi connectivity index (χ4v) is 1.88. The fourth-order valence-electron chi connectivity index (χ4n) is 1.88. The molecule has 0 saturated carbocycles. The standard InChI is InChI=1S/C12H19FN2/c1-9(7-8-14)12(15-2)10-3-5-11(13)6-4-10/h3-6,9,12,15H,7-8,14H2,1-2H3. The van der Waals surface area contributed by atoms with E-state index in [-0.39, 0.29) is 11.9 Å². The highest BCUT2D eigenvalue weighted by molar-refractivity contribution is 5.20. The van der Waals surface area contributed by atoms with Crippen LogP contribution in [-0.4, -0.2) is 13.6 Å². The fraction of sp³-hybridized carbons (Fsp3) is 0.500. The molecule has 1 aromatic rings. The molecule has 0 heterocycles. The summed E-state index contributed by atoms with van der Waals surface area (Å²) >= 11 is 0. The molecule has 0 spiro atoms. The van der Waals surface area contributed by atoms with Crippen LogP contribution in [0.4, 0.5) is 4.39 Å². The maximum Gasteiger partial charge on any atom is 0.123 e. The van der Waals surface area contributed by atoms with Gasteiger partial charge in [0.2, 0.25) is 0 Å². The number of hydrogen-bond acceptors (Lipinski definition) is 2. The molecule has 3 N–H and O–H groups in total. The van der Waals surface area contributed by atoms with Crippen molar-refractivity contribution in [1.82, 2.24) is 5.32 Å². The van der Waals surface area contributed by atoms with Crippen LogP contribution in [0.3, 0.4) is 0 Å². The number of halogens is 1. The monoisotopic (exact) mass is 210 g/mol. The zero-order valence-corrected chi connectivity index (χ0v) is 9.33. The summed E-state index contributed by atoms with van der Waals surface area (Å²) in [5.41, 5.74) is 6.65. The van der Waals surface area contributed by atoms with E-state index in [1.165, 1.54) is 12.1 Å². The molecule has 3 heteroatoms. The Hall–Kier alpha value is -0.930. The second-order valence-corrected chi connectivity index (χ2v) is 3.87. The summed E-state index contributed by atoms with van der Waals surface area (Å²) in [5.74, 6) is 0.255. The van der Waals surface area contributed by atoms with Gasteiger partial charge in [0.15, 0.2) is 0 Å². The highest BCUT2D eigenvalue weighted by atomic mass is 19.1. The van der Waals surface area contributed by atoms with E-state index in [1.807, 2.05) is 19.2 Å². The van der Waals surface area contributed by atoms with Gasteiger partial charge in [-0.2, -0.15) is 0 Å². The van der Waals surface area contributed by atoms with E-state index in [2.05, 4.69) is 12.2 Å². The van der Waals surface area contributed by atoms with Crippen LogP contribution in [-0.2, 0) is 0 Å². The Kier molecular flexibility index (Phi) is 4.72. The van der Waals surface area contributed by atoms with Crippen molar-refractivity contribution < 1.29 is 4.39 Å². The third kappa shape index (κ3) is 3.29. The van der Waals surface area contributed by atoms with Crippen LogP contribution in [0.15, 0.2) is 24.3 Å². The summed E-state index contributed by atoms with van der Waals surface area (Å²) in [4.78, 5) is 0. The van der Waals surface area contributed by atoms with Crippen molar-refractivity contribution in [2.24, 2.45) is 11.7 Å². The third-order valence-electron chi connectivity index (χ3n) is 2.73. The molecule has 1 aromatic carbocycles. The van der Waals surface area contributed by atoms with E-state index in [9.17, 15) is 4.39 Å². The second-order valence-electron chi connectivity index (χ2n) is 3.87. The molecule has 0 aromatic heterocycles. The number of nitrogens with one attached hydrogen (secondary N) is 1. The topological polar surface area (TPSA) is 38.0 Å². The van der Waals surface area contributed by atoms with E-state index < -0.39 is 0 Å². The number of nitrogens with two attached hydrogens (primary N) is 1. The van der Waals surface area contributed by atoms with Gasteiger partial charge in [-0.3, -0.25) is 0 Å². The Balaban J connectivity index is 2.77. The SMILES string of the molecule is CNC(c1ccc(F)cc1)C(C)CCN. The molecule has 2 unspecified atom stereocenters. The first-order valence-electron chi connectivity index (χ1n) is 5.31. The average Bonchev–Trinajstić information content (AvgIpc) is 2.22. The molecule has 0 bridgehead atoms. The van der Waals surface area contributed by atoms with Crippen LogP contribution in [0.1, 0.15) is 24.9 Å². The van der Waals surface area contributed by atoms with Gasteiger partial charge >= 0.3 is 0 Å². The van der Waals surface area contributed by atoms with Gasteiger partial charge in [-0.25, -0.2) is 4.39 Å². The van der Waals surface area contributed by atoms with Crippen molar-refractivity contribution in [3.05, 3.63) is 35.6 Å². The van der Waals surface area contributed by atoms with Gasteiger partial charge in [0.1, 0.15) is 5.82 Å². The summed E-state index contributed by atoms with van der Waals surface area (Å²) in [7, 11) is 1.92. The molecule has 0 aliphatic carbocycles. The van der Waals surface area contributed by atoms with Crippen LogP contribution in [0.2, 0.25) is 0 Å². The summed E-state index contributed by atoms with van der Waals surface area (Å²) in [5, 5.41) is 3.24. The van der Waals surface area contributed by atoms with Crippen LogP contribution in [0.25, 0.3) is 0 Å². The van der Waals surface area contributed by atoms with Crippen molar-refractivity contribution in [3.8, 4) is 0 Å². The molecule has 0 amide bonds. The van der Waals surface area contributed by atoms with Gasteiger partial charge in [-0.05, 0) is 43.6 Å². The van der Waals surface area contributed by atoms with E-state index in [0.717, 1.165) is 12.0 Å². The van der Waals surface area contributed by atoms with Gasteiger partial charge in [-0.15, -0.1) is 0 Å². The van der Waals surface area contributed by atoms with E-state index >= 15 is 0 Å². The minimum atomic E-state index is -0.194. The molecule has 2 atom stereocenters. The van der Waals surface area contributed by atoms with Crippen molar-refractivity contribution in [1.29, 1.82) is 0 Å². The van der Waals surface area contributed by atoms with Gasteiger partial charge < -0.3 is 11.1 Å². The first kappa shape index (κ1) is 12.1. The molecular formula is C12H19FN2. The predicted octanol–water partition coefficient (Wildman–Crippen LogP) is 2.07. The number of rotatable bonds is 5. The molecule has 2 nitrogen and oxygen atoms in total. The third-order valence-corrected chi connectivity index (χ3v) is 2.73. The minimum Gasteiger partial charge on any atom is -0.330 e. The Morgan fingerprint density at radius 1 is 1.33 bits per heavy atom. The predicted molar refractivity (Wildman–Crippen MR) is 61.0 cm³/mol. The summed E-state index contributed by atoms with van der Waals surface area (Å²) in [6.45, 7) is 2.83. The quantitative estimate of drug-likeness (QED) is 0.780.